The first-order chi connectivity index (χ1) is 17.7. The molecule has 2 fully saturated rings. The molecule has 0 unspecified atom stereocenters. The molecule has 1 aromatic carbocycles. The number of hydrogen-bond donors (Lipinski definition) is 0. The minimum Gasteiger partial charge on any atom is -0.236 e. The second kappa shape index (κ2) is 14.9. The Morgan fingerprint density at radius 1 is 0.611 bits per heavy atom. The molecular formula is C34H52N2. The van der Waals surface area contributed by atoms with Crippen LogP contribution in [0, 0.1) is 17.8 Å². The lowest BCUT2D eigenvalue weighted by atomic mass is 9.77. The maximum absolute atomic E-state index is 4.74. The Morgan fingerprint density at radius 2 is 1.17 bits per heavy atom. The number of unbranched alkanes of at least 4 members (excludes halogenated alkanes) is 4. The normalized spacial score (nSPS) is 24.6. The van der Waals surface area contributed by atoms with Gasteiger partial charge in [-0.25, -0.2) is 9.97 Å². The van der Waals surface area contributed by atoms with Gasteiger partial charge in [0.15, 0.2) is 5.82 Å². The van der Waals surface area contributed by atoms with Crippen LogP contribution in [0.3, 0.4) is 0 Å². The van der Waals surface area contributed by atoms with Gasteiger partial charge in [-0.1, -0.05) is 115 Å². The van der Waals surface area contributed by atoms with E-state index < -0.39 is 0 Å². The van der Waals surface area contributed by atoms with E-state index in [0.717, 1.165) is 41.5 Å². The van der Waals surface area contributed by atoms with E-state index in [2.05, 4.69) is 50.5 Å². The topological polar surface area (TPSA) is 25.8 Å². The zero-order chi connectivity index (χ0) is 25.0. The highest BCUT2D eigenvalue weighted by atomic mass is 14.9. The van der Waals surface area contributed by atoms with Crippen molar-refractivity contribution >= 4 is 0 Å². The summed E-state index contributed by atoms with van der Waals surface area (Å²) >= 11 is 0. The van der Waals surface area contributed by atoms with Gasteiger partial charge in [-0.15, -0.1) is 0 Å². The first kappa shape index (κ1) is 27.3. The third-order valence-corrected chi connectivity index (χ3v) is 9.43. The number of aryl methyl sites for hydroxylation is 1. The molecule has 198 valence electrons. The van der Waals surface area contributed by atoms with E-state index >= 15 is 0 Å². The lowest BCUT2D eigenvalue weighted by Crippen LogP contribution is -2.15. The number of nitrogens with zero attached hydrogens (tertiary/aromatic N) is 2. The van der Waals surface area contributed by atoms with Crippen LogP contribution in [0.5, 0.6) is 0 Å². The lowest BCUT2D eigenvalue weighted by Gasteiger charge is -2.29. The van der Waals surface area contributed by atoms with Crippen LogP contribution in [0.1, 0.15) is 140 Å². The second-order valence-electron chi connectivity index (χ2n) is 12.2. The van der Waals surface area contributed by atoms with Gasteiger partial charge in [0, 0.05) is 18.0 Å². The molecule has 2 saturated carbocycles. The summed E-state index contributed by atoms with van der Waals surface area (Å²) in [4.78, 5) is 9.48. The fourth-order valence-electron chi connectivity index (χ4n) is 6.85. The quantitative estimate of drug-likeness (QED) is 0.262. The molecular weight excluding hydrogens is 436 g/mol. The predicted molar refractivity (Wildman–Crippen MR) is 154 cm³/mol. The highest BCUT2D eigenvalue weighted by Crippen LogP contribution is 2.38. The lowest BCUT2D eigenvalue weighted by molar-refractivity contribution is 0.250. The Bertz CT molecular complexity index is 840. The van der Waals surface area contributed by atoms with Gasteiger partial charge in [0.05, 0.1) is 0 Å². The summed E-state index contributed by atoms with van der Waals surface area (Å²) in [6, 6.07) is 9.18. The van der Waals surface area contributed by atoms with Gasteiger partial charge in [-0.05, 0) is 73.3 Å². The monoisotopic (exact) mass is 488 g/mol. The molecule has 2 heteroatoms. The van der Waals surface area contributed by atoms with Gasteiger partial charge < -0.3 is 0 Å². The van der Waals surface area contributed by atoms with Crippen molar-refractivity contribution in [2.24, 2.45) is 17.8 Å². The molecule has 0 saturated heterocycles. The maximum Gasteiger partial charge on any atom is 0.159 e. The van der Waals surface area contributed by atoms with Crippen LogP contribution in [0.25, 0.3) is 11.4 Å². The zero-order valence-electron chi connectivity index (χ0n) is 23.4. The van der Waals surface area contributed by atoms with Crippen molar-refractivity contribution in [3.8, 4) is 11.4 Å². The van der Waals surface area contributed by atoms with Crippen molar-refractivity contribution in [3.05, 3.63) is 47.8 Å². The summed E-state index contributed by atoms with van der Waals surface area (Å²) in [7, 11) is 0. The van der Waals surface area contributed by atoms with E-state index in [1.165, 1.54) is 120 Å². The van der Waals surface area contributed by atoms with Gasteiger partial charge >= 0.3 is 0 Å². The summed E-state index contributed by atoms with van der Waals surface area (Å²) in [5.74, 6) is 4.51. The van der Waals surface area contributed by atoms with Crippen molar-refractivity contribution in [1.82, 2.24) is 9.97 Å². The molecule has 36 heavy (non-hydrogen) atoms. The van der Waals surface area contributed by atoms with Crippen LogP contribution in [0.2, 0.25) is 0 Å². The average molecular weight is 489 g/mol. The van der Waals surface area contributed by atoms with Crippen LogP contribution in [-0.4, -0.2) is 9.97 Å². The van der Waals surface area contributed by atoms with E-state index in [4.69, 9.17) is 9.97 Å². The summed E-state index contributed by atoms with van der Waals surface area (Å²) in [6.07, 6.45) is 29.2. The smallest absolute Gasteiger partial charge is 0.159 e. The Kier molecular flexibility index (Phi) is 11.3. The van der Waals surface area contributed by atoms with Crippen molar-refractivity contribution in [3.63, 3.8) is 0 Å². The molecule has 1 heterocycles. The third kappa shape index (κ3) is 8.42. The second-order valence-corrected chi connectivity index (χ2v) is 12.2. The molecule has 0 bridgehead atoms. The fraction of sp³-hybridized carbons (Fsp3) is 0.706. The largest absolute Gasteiger partial charge is 0.236 e. The SMILES string of the molecule is CCCCCCC1CCC(c2ccc(-c3ncc(CCC4CCC(CCCC)CC4)cn3)cc2)CC1. The number of benzene rings is 1. The Morgan fingerprint density at radius 3 is 1.78 bits per heavy atom. The molecule has 0 atom stereocenters. The molecule has 1 aromatic heterocycles. The summed E-state index contributed by atoms with van der Waals surface area (Å²) in [5.41, 5.74) is 3.97. The molecule has 0 spiro atoms. The Hall–Kier alpha value is -1.70. The van der Waals surface area contributed by atoms with Crippen LogP contribution in [0.4, 0.5) is 0 Å². The number of hydrogen-bond acceptors (Lipinski definition) is 2. The highest BCUT2D eigenvalue weighted by molar-refractivity contribution is 5.55. The molecule has 2 nitrogen and oxygen atoms in total. The van der Waals surface area contributed by atoms with E-state index in [-0.39, 0.29) is 0 Å². The van der Waals surface area contributed by atoms with E-state index in [1.807, 2.05) is 0 Å². The minimum atomic E-state index is 0.746. The number of aromatic nitrogens is 2. The average Bonchev–Trinajstić information content (AvgIpc) is 2.94. The first-order valence-corrected chi connectivity index (χ1v) is 15.7. The molecule has 4 rings (SSSR count). The van der Waals surface area contributed by atoms with E-state index in [9.17, 15) is 0 Å². The molecule has 2 aliphatic rings. The van der Waals surface area contributed by atoms with E-state index in [1.54, 1.807) is 0 Å². The first-order valence-electron chi connectivity index (χ1n) is 15.7. The summed E-state index contributed by atoms with van der Waals surface area (Å²) in [5, 5.41) is 0. The van der Waals surface area contributed by atoms with Crippen molar-refractivity contribution in [2.75, 3.05) is 0 Å². The van der Waals surface area contributed by atoms with Crippen molar-refractivity contribution in [2.45, 2.75) is 135 Å². The molecule has 0 N–H and O–H groups in total. The summed E-state index contributed by atoms with van der Waals surface area (Å²) in [6.45, 7) is 4.62. The molecule has 0 radical (unpaired) electrons. The van der Waals surface area contributed by atoms with Gasteiger partial charge in [-0.3, -0.25) is 0 Å². The third-order valence-electron chi connectivity index (χ3n) is 9.43. The Balaban J connectivity index is 1.19. The molecule has 0 aliphatic heterocycles. The maximum atomic E-state index is 4.74. The molecule has 2 aliphatic carbocycles. The predicted octanol–water partition coefficient (Wildman–Crippen LogP) is 10.3. The summed E-state index contributed by atoms with van der Waals surface area (Å²) < 4.78 is 0. The molecule has 0 amide bonds. The van der Waals surface area contributed by atoms with E-state index in [0.29, 0.717) is 0 Å². The van der Waals surface area contributed by atoms with Crippen LogP contribution in [0.15, 0.2) is 36.7 Å². The fourth-order valence-corrected chi connectivity index (χ4v) is 6.85. The van der Waals surface area contributed by atoms with Gasteiger partial charge in [0.2, 0.25) is 0 Å². The van der Waals surface area contributed by atoms with Crippen molar-refractivity contribution < 1.29 is 0 Å². The Labute approximate surface area is 222 Å². The van der Waals surface area contributed by atoms with Gasteiger partial charge in [-0.2, -0.15) is 0 Å². The van der Waals surface area contributed by atoms with Crippen LogP contribution in [-0.2, 0) is 6.42 Å². The highest BCUT2D eigenvalue weighted by Gasteiger charge is 2.22. The van der Waals surface area contributed by atoms with Gasteiger partial charge in [0.25, 0.3) is 0 Å². The standard InChI is InChI=1S/C34H52N2/c1-3-5-7-8-10-28-17-19-31(20-18-28)32-21-23-33(24-22-32)34-35-25-30(26-36-34)16-15-29-13-11-27(12-14-29)9-6-4-2/h21-29,31H,3-20H2,1-2H3. The van der Waals surface area contributed by atoms with Crippen molar-refractivity contribution in [1.29, 1.82) is 0 Å². The minimum absolute atomic E-state index is 0.746. The van der Waals surface area contributed by atoms with Gasteiger partial charge in [0.1, 0.15) is 0 Å². The zero-order valence-corrected chi connectivity index (χ0v) is 23.4. The number of rotatable bonds is 13. The van der Waals surface area contributed by atoms with Crippen LogP contribution >= 0.6 is 0 Å². The molecule has 2 aromatic rings. The van der Waals surface area contributed by atoms with Crippen LogP contribution < -0.4 is 0 Å².